The molecule has 2 rings (SSSR count). The normalized spacial score (nSPS) is 10.2. The first-order chi connectivity index (χ1) is 10.9. The lowest BCUT2D eigenvalue weighted by molar-refractivity contribution is -0.124. The van der Waals surface area contributed by atoms with E-state index >= 15 is 0 Å². The number of esters is 1. The van der Waals surface area contributed by atoms with Crippen molar-refractivity contribution in [3.63, 3.8) is 0 Å². The minimum Gasteiger partial charge on any atom is -0.452 e. The summed E-state index contributed by atoms with van der Waals surface area (Å²) in [4.78, 5) is 23.3. The van der Waals surface area contributed by atoms with E-state index in [1.807, 2.05) is 31.2 Å². The highest BCUT2D eigenvalue weighted by atomic mass is 19.1. The van der Waals surface area contributed by atoms with Crippen molar-refractivity contribution < 1.29 is 23.1 Å². The summed E-state index contributed by atoms with van der Waals surface area (Å²) in [6.45, 7) is 1.71. The third kappa shape index (κ3) is 5.18. The van der Waals surface area contributed by atoms with Crippen LogP contribution in [0.4, 0.5) is 8.78 Å². The summed E-state index contributed by atoms with van der Waals surface area (Å²) in [5.74, 6) is -3.24. The van der Waals surface area contributed by atoms with Gasteiger partial charge >= 0.3 is 5.97 Å². The molecule has 4 nitrogen and oxygen atoms in total. The Morgan fingerprint density at radius 1 is 1.09 bits per heavy atom. The van der Waals surface area contributed by atoms with Crippen LogP contribution in [0.5, 0.6) is 0 Å². The Balaban J connectivity index is 1.83. The Labute approximate surface area is 132 Å². The zero-order valence-electron chi connectivity index (χ0n) is 12.4. The number of hydrogen-bond acceptors (Lipinski definition) is 3. The van der Waals surface area contributed by atoms with E-state index in [9.17, 15) is 18.4 Å². The number of carbonyl (C=O) groups excluding carboxylic acids is 2. The van der Waals surface area contributed by atoms with Crippen molar-refractivity contribution in [2.75, 3.05) is 6.61 Å². The van der Waals surface area contributed by atoms with Crippen molar-refractivity contribution in [3.05, 3.63) is 70.8 Å². The van der Waals surface area contributed by atoms with Crippen LogP contribution in [0.15, 0.2) is 42.5 Å². The number of halogens is 2. The SMILES string of the molecule is Cc1cccc(CNC(=O)COC(=O)c2cc(F)cc(F)c2)c1. The van der Waals surface area contributed by atoms with Gasteiger partial charge in [0.15, 0.2) is 6.61 Å². The number of nitrogens with one attached hydrogen (secondary N) is 1. The van der Waals surface area contributed by atoms with Gasteiger partial charge in [0.2, 0.25) is 0 Å². The largest absolute Gasteiger partial charge is 0.452 e. The maximum Gasteiger partial charge on any atom is 0.338 e. The van der Waals surface area contributed by atoms with Crippen molar-refractivity contribution in [1.29, 1.82) is 0 Å². The van der Waals surface area contributed by atoms with Gasteiger partial charge in [-0.2, -0.15) is 0 Å². The molecule has 0 fully saturated rings. The highest BCUT2D eigenvalue weighted by Crippen LogP contribution is 2.09. The van der Waals surface area contributed by atoms with Crippen LogP contribution in [0, 0.1) is 18.6 Å². The van der Waals surface area contributed by atoms with E-state index in [0.29, 0.717) is 12.6 Å². The number of carbonyl (C=O) groups is 2. The predicted molar refractivity (Wildman–Crippen MR) is 79.7 cm³/mol. The van der Waals surface area contributed by atoms with Crippen LogP contribution in [0.25, 0.3) is 0 Å². The number of rotatable bonds is 5. The molecule has 0 aliphatic rings. The smallest absolute Gasteiger partial charge is 0.338 e. The molecule has 0 saturated carbocycles. The average Bonchev–Trinajstić information content (AvgIpc) is 2.49. The fourth-order valence-electron chi connectivity index (χ4n) is 1.96. The van der Waals surface area contributed by atoms with E-state index in [-0.39, 0.29) is 5.56 Å². The summed E-state index contributed by atoms with van der Waals surface area (Å²) in [6, 6.07) is 9.91. The standard InChI is InChI=1S/C17H15F2NO3/c1-11-3-2-4-12(5-11)9-20-16(21)10-23-17(22)13-6-14(18)8-15(19)7-13/h2-8H,9-10H2,1H3,(H,20,21). The van der Waals surface area contributed by atoms with E-state index in [1.165, 1.54) is 0 Å². The zero-order valence-corrected chi connectivity index (χ0v) is 12.4. The average molecular weight is 319 g/mol. The number of ether oxygens (including phenoxy) is 1. The quantitative estimate of drug-likeness (QED) is 0.862. The van der Waals surface area contributed by atoms with E-state index in [1.54, 1.807) is 0 Å². The lowest BCUT2D eigenvalue weighted by Gasteiger charge is -2.07. The summed E-state index contributed by atoms with van der Waals surface area (Å²) in [5.41, 5.74) is 1.70. The Hall–Kier alpha value is -2.76. The second-order valence-electron chi connectivity index (χ2n) is 5.00. The predicted octanol–water partition coefficient (Wildman–Crippen LogP) is 2.75. The molecule has 0 saturated heterocycles. The fraction of sp³-hybridized carbons (Fsp3) is 0.176. The van der Waals surface area contributed by atoms with Crippen LogP contribution in [0.3, 0.4) is 0 Å². The highest BCUT2D eigenvalue weighted by Gasteiger charge is 2.12. The monoisotopic (exact) mass is 319 g/mol. The third-order valence-electron chi connectivity index (χ3n) is 3.00. The molecule has 0 bridgehead atoms. The molecule has 1 amide bonds. The van der Waals surface area contributed by atoms with Gasteiger partial charge in [-0.3, -0.25) is 4.79 Å². The summed E-state index contributed by atoms with van der Waals surface area (Å²) in [6.07, 6.45) is 0. The highest BCUT2D eigenvalue weighted by molar-refractivity contribution is 5.91. The van der Waals surface area contributed by atoms with Gasteiger partial charge in [0.25, 0.3) is 5.91 Å². The van der Waals surface area contributed by atoms with Crippen molar-refractivity contribution in [2.45, 2.75) is 13.5 Å². The van der Waals surface area contributed by atoms with Gasteiger partial charge in [0.1, 0.15) is 11.6 Å². The third-order valence-corrected chi connectivity index (χ3v) is 3.00. The first-order valence-electron chi connectivity index (χ1n) is 6.89. The fourth-order valence-corrected chi connectivity index (χ4v) is 1.96. The van der Waals surface area contributed by atoms with Crippen molar-refractivity contribution >= 4 is 11.9 Å². The van der Waals surface area contributed by atoms with Gasteiger partial charge in [-0.1, -0.05) is 29.8 Å². The molecule has 0 aliphatic carbocycles. The topological polar surface area (TPSA) is 55.4 Å². The molecule has 0 unspecified atom stereocenters. The van der Waals surface area contributed by atoms with Gasteiger partial charge in [-0.25, -0.2) is 13.6 Å². The van der Waals surface area contributed by atoms with Crippen molar-refractivity contribution in [3.8, 4) is 0 Å². The van der Waals surface area contributed by atoms with Crippen molar-refractivity contribution in [2.24, 2.45) is 0 Å². The van der Waals surface area contributed by atoms with Crippen LogP contribution in [-0.4, -0.2) is 18.5 Å². The van der Waals surface area contributed by atoms with Crippen LogP contribution >= 0.6 is 0 Å². The Morgan fingerprint density at radius 3 is 2.43 bits per heavy atom. The van der Waals surface area contributed by atoms with Gasteiger partial charge in [0.05, 0.1) is 5.56 Å². The molecule has 0 spiro atoms. The van der Waals surface area contributed by atoms with Gasteiger partial charge in [0, 0.05) is 12.6 Å². The summed E-state index contributed by atoms with van der Waals surface area (Å²) in [7, 11) is 0. The maximum absolute atomic E-state index is 13.0. The second-order valence-corrected chi connectivity index (χ2v) is 5.00. The number of hydrogen-bond donors (Lipinski definition) is 1. The van der Waals surface area contributed by atoms with Crippen LogP contribution < -0.4 is 5.32 Å². The molecule has 0 atom stereocenters. The Morgan fingerprint density at radius 2 is 1.78 bits per heavy atom. The Bertz CT molecular complexity index is 711. The van der Waals surface area contributed by atoms with Crippen LogP contribution in [0.2, 0.25) is 0 Å². The minimum absolute atomic E-state index is 0.283. The molecule has 0 aromatic heterocycles. The molecule has 0 radical (unpaired) electrons. The number of aryl methyl sites for hydroxylation is 1. The van der Waals surface area contributed by atoms with Crippen LogP contribution in [-0.2, 0) is 16.1 Å². The molecule has 6 heteroatoms. The molecule has 2 aromatic carbocycles. The molecule has 120 valence electrons. The maximum atomic E-state index is 13.0. The van der Waals surface area contributed by atoms with Crippen molar-refractivity contribution in [1.82, 2.24) is 5.32 Å². The number of amides is 1. The first kappa shape index (κ1) is 16.6. The summed E-state index contributed by atoms with van der Waals surface area (Å²) in [5, 5.41) is 2.59. The summed E-state index contributed by atoms with van der Waals surface area (Å²) < 4.78 is 30.7. The lowest BCUT2D eigenvalue weighted by Crippen LogP contribution is -2.28. The number of benzene rings is 2. The van der Waals surface area contributed by atoms with E-state index in [0.717, 1.165) is 23.3 Å². The Kier molecular flexibility index (Phi) is 5.41. The van der Waals surface area contributed by atoms with E-state index in [4.69, 9.17) is 4.74 Å². The molecule has 1 N–H and O–H groups in total. The van der Waals surface area contributed by atoms with Gasteiger partial charge in [-0.05, 0) is 24.6 Å². The van der Waals surface area contributed by atoms with E-state index < -0.39 is 30.1 Å². The van der Waals surface area contributed by atoms with Crippen LogP contribution in [0.1, 0.15) is 21.5 Å². The minimum atomic E-state index is -0.964. The lowest BCUT2D eigenvalue weighted by atomic mass is 10.1. The zero-order chi connectivity index (χ0) is 16.8. The molecular weight excluding hydrogens is 304 g/mol. The summed E-state index contributed by atoms with van der Waals surface area (Å²) >= 11 is 0. The first-order valence-corrected chi connectivity index (χ1v) is 6.89. The molecule has 2 aromatic rings. The molecule has 0 heterocycles. The second kappa shape index (κ2) is 7.49. The van der Waals surface area contributed by atoms with E-state index in [2.05, 4.69) is 5.32 Å². The van der Waals surface area contributed by atoms with Gasteiger partial charge in [-0.15, -0.1) is 0 Å². The van der Waals surface area contributed by atoms with Gasteiger partial charge < -0.3 is 10.1 Å². The molecule has 0 aliphatic heterocycles. The molecular formula is C17H15F2NO3. The molecule has 23 heavy (non-hydrogen) atoms.